The number of benzene rings is 2. The van der Waals surface area contributed by atoms with Crippen molar-refractivity contribution >= 4 is 45.9 Å². The van der Waals surface area contributed by atoms with Crippen molar-refractivity contribution in [3.05, 3.63) is 63.4 Å². The second-order valence-corrected chi connectivity index (χ2v) is 9.02. The molecule has 3 aromatic rings. The van der Waals surface area contributed by atoms with Crippen LogP contribution in [-0.4, -0.2) is 20.7 Å². The smallest absolute Gasteiger partial charge is 0.262 e. The van der Waals surface area contributed by atoms with Gasteiger partial charge in [-0.05, 0) is 43.2 Å². The SMILES string of the molecule is CC(C)Cn1c(SC(C)C(=O)Nc2ccccc2C#N)nc2ccc(Cl)cc2c1=O. The summed E-state index contributed by atoms with van der Waals surface area (Å²) in [7, 11) is 0. The standard InChI is InChI=1S/C22H21ClN4O2S/c1-13(2)12-27-21(29)17-10-16(23)8-9-19(17)26-22(27)30-14(3)20(28)25-18-7-5-4-6-15(18)11-24/h4-10,13-14H,12H2,1-3H3,(H,25,28). The van der Waals surface area contributed by atoms with Gasteiger partial charge >= 0.3 is 0 Å². The lowest BCUT2D eigenvalue weighted by Gasteiger charge is -2.18. The summed E-state index contributed by atoms with van der Waals surface area (Å²) >= 11 is 7.27. The van der Waals surface area contributed by atoms with E-state index in [1.807, 2.05) is 13.8 Å². The monoisotopic (exact) mass is 440 g/mol. The van der Waals surface area contributed by atoms with Crippen molar-refractivity contribution in [2.75, 3.05) is 5.32 Å². The van der Waals surface area contributed by atoms with E-state index in [4.69, 9.17) is 11.6 Å². The average molecular weight is 441 g/mol. The normalized spacial score (nSPS) is 12.0. The van der Waals surface area contributed by atoms with Crippen LogP contribution in [0.15, 0.2) is 52.4 Å². The first-order valence-corrected chi connectivity index (χ1v) is 10.7. The molecular formula is C22H21ClN4O2S. The molecule has 0 fully saturated rings. The first-order chi connectivity index (χ1) is 14.3. The summed E-state index contributed by atoms with van der Waals surface area (Å²) in [5.74, 6) is -0.0589. The Morgan fingerprint density at radius 3 is 2.70 bits per heavy atom. The number of nitrogens with one attached hydrogen (secondary N) is 1. The molecule has 8 heteroatoms. The fraction of sp³-hybridized carbons (Fsp3) is 0.273. The minimum atomic E-state index is -0.535. The molecule has 0 bridgehead atoms. The number of aromatic nitrogens is 2. The quantitative estimate of drug-likeness (QED) is 0.443. The molecule has 0 aliphatic carbocycles. The zero-order valence-corrected chi connectivity index (χ0v) is 18.4. The minimum Gasteiger partial charge on any atom is -0.324 e. The van der Waals surface area contributed by atoms with Crippen molar-refractivity contribution in [1.82, 2.24) is 9.55 Å². The second-order valence-electron chi connectivity index (χ2n) is 7.27. The molecule has 2 aromatic carbocycles. The number of anilines is 1. The molecule has 154 valence electrons. The number of carbonyl (C=O) groups excluding carboxylic acids is 1. The van der Waals surface area contributed by atoms with E-state index in [1.54, 1.807) is 54.0 Å². The van der Waals surface area contributed by atoms with Crippen LogP contribution in [0, 0.1) is 17.2 Å². The lowest BCUT2D eigenvalue weighted by atomic mass is 10.2. The number of rotatable bonds is 6. The third-order valence-corrected chi connectivity index (χ3v) is 5.71. The van der Waals surface area contributed by atoms with E-state index >= 15 is 0 Å². The molecule has 1 unspecified atom stereocenters. The summed E-state index contributed by atoms with van der Waals surface area (Å²) in [4.78, 5) is 30.4. The maximum Gasteiger partial charge on any atom is 0.262 e. The molecule has 0 aliphatic heterocycles. The van der Waals surface area contributed by atoms with E-state index in [9.17, 15) is 14.9 Å². The second kappa shape index (κ2) is 9.33. The number of fused-ring (bicyclic) bond motifs is 1. The van der Waals surface area contributed by atoms with Gasteiger partial charge in [-0.2, -0.15) is 5.26 Å². The molecule has 1 amide bonds. The van der Waals surface area contributed by atoms with Crippen LogP contribution in [-0.2, 0) is 11.3 Å². The predicted molar refractivity (Wildman–Crippen MR) is 121 cm³/mol. The van der Waals surface area contributed by atoms with Crippen LogP contribution in [0.1, 0.15) is 26.3 Å². The van der Waals surface area contributed by atoms with E-state index < -0.39 is 5.25 Å². The van der Waals surface area contributed by atoms with Crippen molar-refractivity contribution < 1.29 is 4.79 Å². The highest BCUT2D eigenvalue weighted by Crippen LogP contribution is 2.26. The molecule has 0 spiro atoms. The predicted octanol–water partition coefficient (Wildman–Crippen LogP) is 4.70. The fourth-order valence-corrected chi connectivity index (χ4v) is 4.01. The summed E-state index contributed by atoms with van der Waals surface area (Å²) in [6.45, 7) is 6.24. The van der Waals surface area contributed by atoms with E-state index in [2.05, 4.69) is 16.4 Å². The third kappa shape index (κ3) is 4.84. The van der Waals surface area contributed by atoms with Gasteiger partial charge in [0.15, 0.2) is 5.16 Å². The van der Waals surface area contributed by atoms with Crippen LogP contribution < -0.4 is 10.9 Å². The summed E-state index contributed by atoms with van der Waals surface area (Å²) in [5.41, 5.74) is 1.20. The van der Waals surface area contributed by atoms with Crippen molar-refractivity contribution in [2.45, 2.75) is 37.7 Å². The molecule has 0 radical (unpaired) electrons. The van der Waals surface area contributed by atoms with Crippen molar-refractivity contribution in [2.24, 2.45) is 5.92 Å². The van der Waals surface area contributed by atoms with E-state index in [0.717, 1.165) is 0 Å². The highest BCUT2D eigenvalue weighted by atomic mass is 35.5. The summed E-state index contributed by atoms with van der Waals surface area (Å²) in [6, 6.07) is 13.9. The van der Waals surface area contributed by atoms with Crippen LogP contribution in [0.2, 0.25) is 5.02 Å². The van der Waals surface area contributed by atoms with E-state index in [0.29, 0.717) is 38.9 Å². The maximum atomic E-state index is 13.1. The molecule has 1 N–H and O–H groups in total. The fourth-order valence-electron chi connectivity index (χ4n) is 2.92. The van der Waals surface area contributed by atoms with Crippen molar-refractivity contribution in [3.63, 3.8) is 0 Å². The Hall–Kier alpha value is -2.82. The zero-order chi connectivity index (χ0) is 21.8. The van der Waals surface area contributed by atoms with Crippen LogP contribution in [0.3, 0.4) is 0 Å². The van der Waals surface area contributed by atoms with Gasteiger partial charge in [0.25, 0.3) is 5.56 Å². The number of para-hydroxylation sites is 1. The number of amides is 1. The van der Waals surface area contributed by atoms with Gasteiger partial charge < -0.3 is 5.32 Å². The van der Waals surface area contributed by atoms with Crippen LogP contribution in [0.25, 0.3) is 10.9 Å². The lowest BCUT2D eigenvalue weighted by molar-refractivity contribution is -0.115. The number of hydrogen-bond donors (Lipinski definition) is 1. The molecule has 3 rings (SSSR count). The highest BCUT2D eigenvalue weighted by molar-refractivity contribution is 8.00. The van der Waals surface area contributed by atoms with Gasteiger partial charge in [0, 0.05) is 11.6 Å². The van der Waals surface area contributed by atoms with Gasteiger partial charge in [0.2, 0.25) is 5.91 Å². The Morgan fingerprint density at radius 2 is 2.00 bits per heavy atom. The molecule has 0 aliphatic rings. The molecular weight excluding hydrogens is 420 g/mol. The summed E-state index contributed by atoms with van der Waals surface area (Å²) in [5, 5.41) is 12.9. The third-order valence-electron chi connectivity index (χ3n) is 4.39. The van der Waals surface area contributed by atoms with Gasteiger partial charge in [0.05, 0.1) is 27.4 Å². The van der Waals surface area contributed by atoms with Gasteiger partial charge in [-0.15, -0.1) is 0 Å². The Bertz CT molecular complexity index is 1200. The van der Waals surface area contributed by atoms with Crippen molar-refractivity contribution in [3.8, 4) is 6.07 Å². The molecule has 30 heavy (non-hydrogen) atoms. The first kappa shape index (κ1) is 21.9. The van der Waals surface area contributed by atoms with Gasteiger partial charge in [-0.3, -0.25) is 14.2 Å². The Labute approximate surface area is 183 Å². The maximum absolute atomic E-state index is 13.1. The molecule has 1 atom stereocenters. The molecule has 1 heterocycles. The summed E-state index contributed by atoms with van der Waals surface area (Å²) < 4.78 is 1.60. The van der Waals surface area contributed by atoms with Gasteiger partial charge in [0.1, 0.15) is 6.07 Å². The molecule has 0 saturated carbocycles. The topological polar surface area (TPSA) is 87.8 Å². The minimum absolute atomic E-state index is 0.180. The zero-order valence-electron chi connectivity index (χ0n) is 16.8. The summed E-state index contributed by atoms with van der Waals surface area (Å²) in [6.07, 6.45) is 0. The largest absolute Gasteiger partial charge is 0.324 e. The Morgan fingerprint density at radius 1 is 1.27 bits per heavy atom. The Kier molecular flexibility index (Phi) is 6.80. The average Bonchev–Trinajstić information content (AvgIpc) is 2.71. The number of carbonyl (C=O) groups is 1. The molecule has 6 nitrogen and oxygen atoms in total. The van der Waals surface area contributed by atoms with E-state index in [1.165, 1.54) is 11.8 Å². The number of nitrogens with zero attached hydrogens (tertiary/aromatic N) is 3. The lowest BCUT2D eigenvalue weighted by Crippen LogP contribution is -2.28. The number of halogens is 1. The molecule has 1 aromatic heterocycles. The number of hydrogen-bond acceptors (Lipinski definition) is 5. The van der Waals surface area contributed by atoms with Gasteiger partial charge in [-0.1, -0.05) is 49.3 Å². The van der Waals surface area contributed by atoms with Crippen LogP contribution in [0.5, 0.6) is 0 Å². The molecule has 0 saturated heterocycles. The Balaban J connectivity index is 1.93. The van der Waals surface area contributed by atoms with Crippen LogP contribution in [0.4, 0.5) is 5.69 Å². The van der Waals surface area contributed by atoms with E-state index in [-0.39, 0.29) is 17.4 Å². The van der Waals surface area contributed by atoms with Crippen LogP contribution >= 0.6 is 23.4 Å². The highest BCUT2D eigenvalue weighted by Gasteiger charge is 2.21. The number of nitriles is 1. The van der Waals surface area contributed by atoms with Gasteiger partial charge in [-0.25, -0.2) is 4.98 Å². The van der Waals surface area contributed by atoms with Crippen molar-refractivity contribution in [1.29, 1.82) is 5.26 Å². The first-order valence-electron chi connectivity index (χ1n) is 9.47. The number of thioether (sulfide) groups is 1.